The third kappa shape index (κ3) is 5.25. The standard InChI is InChI=1S/C27H30FN3O2S2/c1-17-8-10-22(21(28)14-17)29-24-18(2)26(32)31-12-13-34-27(31)25(24)30-35-23-11-9-20(23)16-33-15-19-6-4-3-5-7-19/h3-8,10,14,20,23,29-30H,9,11-13,15-16H2,1-2H3. The molecule has 0 radical (unpaired) electrons. The molecule has 2 aromatic carbocycles. The molecule has 2 N–H and O–H groups in total. The minimum absolute atomic E-state index is 0.0218. The first-order valence-electron chi connectivity index (χ1n) is 12.0. The molecule has 2 heterocycles. The molecule has 1 aromatic heterocycles. The van der Waals surface area contributed by atoms with Crippen LogP contribution in [0.4, 0.5) is 21.5 Å². The number of fused-ring (bicyclic) bond motifs is 1. The first-order valence-corrected chi connectivity index (χ1v) is 13.8. The monoisotopic (exact) mass is 511 g/mol. The Kier molecular flexibility index (Phi) is 7.41. The highest BCUT2D eigenvalue weighted by atomic mass is 32.2. The molecule has 0 spiro atoms. The van der Waals surface area contributed by atoms with Gasteiger partial charge in [0.2, 0.25) is 0 Å². The van der Waals surface area contributed by atoms with Gasteiger partial charge in [-0.2, -0.15) is 0 Å². The number of benzene rings is 2. The molecule has 184 valence electrons. The Hall–Kier alpha value is -2.42. The number of pyridine rings is 1. The molecule has 1 aliphatic heterocycles. The molecule has 5 rings (SSSR count). The van der Waals surface area contributed by atoms with Crippen molar-refractivity contribution >= 4 is 40.8 Å². The van der Waals surface area contributed by atoms with E-state index in [4.69, 9.17) is 4.74 Å². The summed E-state index contributed by atoms with van der Waals surface area (Å²) in [7, 11) is 0. The van der Waals surface area contributed by atoms with E-state index < -0.39 is 0 Å². The summed E-state index contributed by atoms with van der Waals surface area (Å²) in [5.41, 5.74) is 4.50. The summed E-state index contributed by atoms with van der Waals surface area (Å²) in [5, 5.41) is 4.57. The van der Waals surface area contributed by atoms with Gasteiger partial charge in [0.25, 0.3) is 5.56 Å². The number of rotatable bonds is 9. The van der Waals surface area contributed by atoms with Crippen LogP contribution >= 0.6 is 23.7 Å². The maximum absolute atomic E-state index is 14.7. The van der Waals surface area contributed by atoms with Crippen molar-refractivity contribution in [3.8, 4) is 0 Å². The number of nitrogens with one attached hydrogen (secondary N) is 2. The Bertz CT molecular complexity index is 1270. The van der Waals surface area contributed by atoms with Crippen LogP contribution in [0.15, 0.2) is 58.4 Å². The van der Waals surface area contributed by atoms with Crippen molar-refractivity contribution in [1.82, 2.24) is 4.57 Å². The molecule has 0 bridgehead atoms. The van der Waals surface area contributed by atoms with Crippen LogP contribution in [0.5, 0.6) is 0 Å². The molecule has 3 aromatic rings. The highest BCUT2D eigenvalue weighted by Crippen LogP contribution is 2.44. The van der Waals surface area contributed by atoms with Crippen molar-refractivity contribution in [2.45, 2.75) is 50.1 Å². The molecule has 2 aliphatic rings. The largest absolute Gasteiger partial charge is 0.376 e. The van der Waals surface area contributed by atoms with Crippen molar-refractivity contribution in [2.24, 2.45) is 5.92 Å². The van der Waals surface area contributed by atoms with Gasteiger partial charge in [-0.25, -0.2) is 4.39 Å². The third-order valence-electron chi connectivity index (χ3n) is 6.69. The summed E-state index contributed by atoms with van der Waals surface area (Å²) in [6.45, 7) is 5.72. The number of nitrogens with zero attached hydrogens (tertiary/aromatic N) is 1. The van der Waals surface area contributed by atoms with Crippen molar-refractivity contribution in [2.75, 3.05) is 22.4 Å². The van der Waals surface area contributed by atoms with Crippen LogP contribution in [0.1, 0.15) is 29.5 Å². The lowest BCUT2D eigenvalue weighted by Crippen LogP contribution is -2.33. The fourth-order valence-corrected chi connectivity index (χ4v) is 6.73. The maximum Gasteiger partial charge on any atom is 0.256 e. The molecule has 1 fully saturated rings. The van der Waals surface area contributed by atoms with Crippen LogP contribution in [0.3, 0.4) is 0 Å². The van der Waals surface area contributed by atoms with E-state index in [-0.39, 0.29) is 11.4 Å². The topological polar surface area (TPSA) is 55.3 Å². The van der Waals surface area contributed by atoms with Crippen molar-refractivity contribution < 1.29 is 9.13 Å². The van der Waals surface area contributed by atoms with Gasteiger partial charge in [0.15, 0.2) is 0 Å². The molecule has 1 aliphatic carbocycles. The van der Waals surface area contributed by atoms with E-state index in [9.17, 15) is 9.18 Å². The molecule has 35 heavy (non-hydrogen) atoms. The molecule has 0 saturated heterocycles. The van der Waals surface area contributed by atoms with Gasteiger partial charge in [-0.1, -0.05) is 36.4 Å². The lowest BCUT2D eigenvalue weighted by molar-refractivity contribution is 0.0632. The van der Waals surface area contributed by atoms with Crippen molar-refractivity contribution in [1.29, 1.82) is 0 Å². The van der Waals surface area contributed by atoms with Gasteiger partial charge >= 0.3 is 0 Å². The Morgan fingerprint density at radius 1 is 1.14 bits per heavy atom. The van der Waals surface area contributed by atoms with Crippen LogP contribution in [0.2, 0.25) is 0 Å². The minimum atomic E-state index is -0.328. The highest BCUT2D eigenvalue weighted by molar-refractivity contribution is 8.01. The Morgan fingerprint density at radius 2 is 1.97 bits per heavy atom. The van der Waals surface area contributed by atoms with Gasteiger partial charge < -0.3 is 19.3 Å². The van der Waals surface area contributed by atoms with Crippen LogP contribution < -0.4 is 15.6 Å². The number of hydrogen-bond donors (Lipinski definition) is 2. The predicted octanol–water partition coefficient (Wildman–Crippen LogP) is 6.51. The Labute approximate surface area is 214 Å². The SMILES string of the molecule is Cc1ccc(Nc2c(NSC3CCC3COCc3ccccc3)c3n(c(=O)c2C)CCS3)c(F)c1. The van der Waals surface area contributed by atoms with E-state index in [1.54, 1.807) is 29.8 Å². The predicted molar refractivity (Wildman–Crippen MR) is 144 cm³/mol. The zero-order valence-electron chi connectivity index (χ0n) is 20.0. The molecule has 2 unspecified atom stereocenters. The normalized spacial score (nSPS) is 18.7. The lowest BCUT2D eigenvalue weighted by Gasteiger charge is -2.36. The summed E-state index contributed by atoms with van der Waals surface area (Å²) >= 11 is 3.36. The molecule has 1 saturated carbocycles. The molecule has 5 nitrogen and oxygen atoms in total. The van der Waals surface area contributed by atoms with E-state index in [0.29, 0.717) is 41.3 Å². The van der Waals surface area contributed by atoms with Crippen LogP contribution in [0, 0.1) is 25.6 Å². The molecule has 2 atom stereocenters. The number of halogens is 1. The van der Waals surface area contributed by atoms with E-state index >= 15 is 0 Å². The maximum atomic E-state index is 14.7. The molecular weight excluding hydrogens is 481 g/mol. The number of thioether (sulfide) groups is 1. The second-order valence-electron chi connectivity index (χ2n) is 9.19. The smallest absolute Gasteiger partial charge is 0.256 e. The fourth-order valence-electron chi connectivity index (χ4n) is 4.45. The van der Waals surface area contributed by atoms with Crippen LogP contribution in [0.25, 0.3) is 0 Å². The zero-order valence-corrected chi connectivity index (χ0v) is 21.6. The van der Waals surface area contributed by atoms with Gasteiger partial charge in [-0.3, -0.25) is 4.79 Å². The van der Waals surface area contributed by atoms with Gasteiger partial charge in [-0.05, 0) is 67.8 Å². The number of aryl methyl sites for hydroxylation is 1. The summed E-state index contributed by atoms with van der Waals surface area (Å²) in [5.74, 6) is 1.01. The third-order valence-corrected chi connectivity index (χ3v) is 9.02. The summed E-state index contributed by atoms with van der Waals surface area (Å²) in [4.78, 5) is 13.0. The van der Waals surface area contributed by atoms with Crippen LogP contribution in [-0.2, 0) is 17.9 Å². The number of ether oxygens (including phenoxy) is 1. The van der Waals surface area contributed by atoms with Crippen LogP contribution in [-0.4, -0.2) is 22.2 Å². The van der Waals surface area contributed by atoms with E-state index in [1.165, 1.54) is 11.6 Å². The fraction of sp³-hybridized carbons (Fsp3) is 0.370. The van der Waals surface area contributed by atoms with Crippen molar-refractivity contribution in [3.63, 3.8) is 0 Å². The summed E-state index contributed by atoms with van der Waals surface area (Å²) < 4.78 is 26.1. The van der Waals surface area contributed by atoms with Gasteiger partial charge in [0, 0.05) is 23.1 Å². The molecule has 8 heteroatoms. The first-order chi connectivity index (χ1) is 17.0. The highest BCUT2D eigenvalue weighted by Gasteiger charge is 2.33. The number of aromatic nitrogens is 1. The molecule has 0 amide bonds. The first kappa shape index (κ1) is 24.3. The van der Waals surface area contributed by atoms with Crippen molar-refractivity contribution in [3.05, 3.63) is 81.4 Å². The Morgan fingerprint density at radius 3 is 2.71 bits per heavy atom. The van der Waals surface area contributed by atoms with E-state index in [2.05, 4.69) is 22.2 Å². The number of anilines is 3. The van der Waals surface area contributed by atoms with Gasteiger partial charge in [0.1, 0.15) is 10.8 Å². The summed E-state index contributed by atoms with van der Waals surface area (Å²) in [6.07, 6.45) is 2.27. The average Bonchev–Trinajstić information content (AvgIpc) is 3.33. The van der Waals surface area contributed by atoms with Gasteiger partial charge in [-0.15, -0.1) is 11.8 Å². The lowest BCUT2D eigenvalue weighted by atomic mass is 9.85. The van der Waals surface area contributed by atoms with Gasteiger partial charge in [0.05, 0.1) is 30.3 Å². The zero-order chi connectivity index (χ0) is 24.4. The summed E-state index contributed by atoms with van der Waals surface area (Å²) in [6, 6.07) is 15.3. The second-order valence-corrected chi connectivity index (χ2v) is 11.3. The number of hydrogen-bond acceptors (Lipinski definition) is 6. The second kappa shape index (κ2) is 10.7. The Balaban J connectivity index is 1.31. The quantitative estimate of drug-likeness (QED) is 0.320. The van der Waals surface area contributed by atoms with E-state index in [0.717, 1.165) is 41.5 Å². The minimum Gasteiger partial charge on any atom is -0.376 e. The van der Waals surface area contributed by atoms with E-state index in [1.807, 2.05) is 42.7 Å². The average molecular weight is 512 g/mol. The molecular formula is C27H30FN3O2S2.